The fraction of sp³-hybridized carbons (Fsp3) is 0.552. The van der Waals surface area contributed by atoms with E-state index < -0.39 is 0 Å². The number of hydrogen-bond donors (Lipinski definition) is 1. The molecule has 4 aromatic rings. The number of nitrogens with one attached hydrogen (secondary N) is 1. The number of nitrogens with zero attached hydrogens (tertiary/aromatic N) is 5. The molecule has 2 aliphatic heterocycles. The van der Waals surface area contributed by atoms with E-state index >= 15 is 0 Å². The Labute approximate surface area is 218 Å². The van der Waals surface area contributed by atoms with Crippen molar-refractivity contribution in [2.24, 2.45) is 11.3 Å². The van der Waals surface area contributed by atoms with Gasteiger partial charge in [0.05, 0.1) is 37.7 Å². The van der Waals surface area contributed by atoms with E-state index in [4.69, 9.17) is 14.5 Å². The number of anilines is 1. The molecule has 0 amide bonds. The molecule has 8 heteroatoms. The fourth-order valence-electron chi connectivity index (χ4n) is 6.26. The van der Waals surface area contributed by atoms with Gasteiger partial charge in [0.25, 0.3) is 0 Å². The smallest absolute Gasteiger partial charge is 0.197 e. The monoisotopic (exact) mass is 502 g/mol. The largest absolute Gasteiger partial charge is 0.493 e. The molecule has 6 rings (SSSR count). The van der Waals surface area contributed by atoms with Gasteiger partial charge < -0.3 is 19.4 Å². The summed E-state index contributed by atoms with van der Waals surface area (Å²) >= 11 is 0. The molecule has 0 unspecified atom stereocenters. The lowest BCUT2D eigenvalue weighted by Gasteiger charge is -2.40. The van der Waals surface area contributed by atoms with Crippen molar-refractivity contribution in [1.29, 1.82) is 0 Å². The van der Waals surface area contributed by atoms with E-state index in [-0.39, 0.29) is 0 Å². The highest BCUT2D eigenvalue weighted by Gasteiger charge is 2.34. The summed E-state index contributed by atoms with van der Waals surface area (Å²) in [5, 5.41) is 5.65. The van der Waals surface area contributed by atoms with Gasteiger partial charge in [0.1, 0.15) is 12.1 Å². The summed E-state index contributed by atoms with van der Waals surface area (Å²) in [6.07, 6.45) is 10.7. The van der Waals surface area contributed by atoms with Crippen molar-refractivity contribution in [3.8, 4) is 17.0 Å². The van der Waals surface area contributed by atoms with Crippen LogP contribution in [0.2, 0.25) is 0 Å². The van der Waals surface area contributed by atoms with Crippen molar-refractivity contribution in [3.05, 3.63) is 35.9 Å². The van der Waals surface area contributed by atoms with Crippen LogP contribution in [0.4, 0.5) is 5.82 Å². The molecule has 0 saturated carbocycles. The van der Waals surface area contributed by atoms with Crippen LogP contribution >= 0.6 is 0 Å². The van der Waals surface area contributed by atoms with E-state index in [9.17, 15) is 0 Å². The van der Waals surface area contributed by atoms with E-state index in [1.165, 1.54) is 42.2 Å². The van der Waals surface area contributed by atoms with Crippen LogP contribution in [0.3, 0.4) is 0 Å². The summed E-state index contributed by atoms with van der Waals surface area (Å²) in [6.45, 7) is 13.1. The van der Waals surface area contributed by atoms with Crippen molar-refractivity contribution in [3.63, 3.8) is 0 Å². The third-order valence-corrected chi connectivity index (χ3v) is 8.49. The minimum Gasteiger partial charge on any atom is -0.493 e. The van der Waals surface area contributed by atoms with Crippen LogP contribution in [0.5, 0.6) is 5.75 Å². The molecule has 0 bridgehead atoms. The van der Waals surface area contributed by atoms with Crippen molar-refractivity contribution in [2.75, 3.05) is 38.3 Å². The highest BCUT2D eigenvalue weighted by molar-refractivity contribution is 5.95. The quantitative estimate of drug-likeness (QED) is 0.347. The molecule has 196 valence electrons. The van der Waals surface area contributed by atoms with Crippen LogP contribution in [0.25, 0.3) is 27.8 Å². The first kappa shape index (κ1) is 24.2. The summed E-state index contributed by atoms with van der Waals surface area (Å²) < 4.78 is 12.9. The number of H-pyrrole nitrogens is 1. The number of pyridine rings is 2. The van der Waals surface area contributed by atoms with Gasteiger partial charge in [0, 0.05) is 41.2 Å². The molecule has 0 aliphatic carbocycles. The predicted molar refractivity (Wildman–Crippen MR) is 147 cm³/mol. The summed E-state index contributed by atoms with van der Waals surface area (Å²) in [5.74, 6) is 2.98. The van der Waals surface area contributed by atoms with Gasteiger partial charge >= 0.3 is 0 Å². The zero-order valence-electron chi connectivity index (χ0n) is 22.7. The first-order valence-corrected chi connectivity index (χ1v) is 13.6. The van der Waals surface area contributed by atoms with E-state index in [1.807, 2.05) is 18.5 Å². The molecule has 2 saturated heterocycles. The second kappa shape index (κ2) is 9.31. The minimum atomic E-state index is 0.331. The molecule has 4 aromatic heterocycles. The maximum absolute atomic E-state index is 5.64. The molecule has 0 atom stereocenters. The molecule has 37 heavy (non-hydrogen) atoms. The Morgan fingerprint density at radius 2 is 2.00 bits per heavy atom. The summed E-state index contributed by atoms with van der Waals surface area (Å²) in [5.41, 5.74) is 6.90. The lowest BCUT2D eigenvalue weighted by molar-refractivity contribution is -0.108. The Kier molecular flexibility index (Phi) is 6.10. The minimum absolute atomic E-state index is 0.331. The zero-order chi connectivity index (χ0) is 25.7. The zero-order valence-corrected chi connectivity index (χ0v) is 22.7. The topological polar surface area (TPSA) is 80.6 Å². The highest BCUT2D eigenvalue weighted by Crippen LogP contribution is 2.41. The van der Waals surface area contributed by atoms with Crippen molar-refractivity contribution < 1.29 is 9.47 Å². The first-order chi connectivity index (χ1) is 17.9. The standard InChI is InChI=1S/C29H38N6O2/c1-18(2)24-25-19(3)27(34-10-7-20(8-11-34)6-9-29(4)15-37-16-29)30-13-22(25)33-26(24)21-12-23(36-5)28-31-17-32-35(28)14-21/h12-14,17-18,20,33H,6-11,15-16H2,1-5H3. The molecule has 0 aromatic carbocycles. The normalized spacial score (nSPS) is 18.2. The van der Waals surface area contributed by atoms with Gasteiger partial charge in [-0.15, -0.1) is 0 Å². The lowest BCUT2D eigenvalue weighted by atomic mass is 9.79. The predicted octanol–water partition coefficient (Wildman–Crippen LogP) is 5.75. The first-order valence-electron chi connectivity index (χ1n) is 13.6. The number of ether oxygens (including phenoxy) is 2. The third kappa shape index (κ3) is 4.25. The summed E-state index contributed by atoms with van der Waals surface area (Å²) in [4.78, 5) is 15.5. The number of piperidine rings is 1. The van der Waals surface area contributed by atoms with Crippen LogP contribution in [-0.4, -0.2) is 58.0 Å². The van der Waals surface area contributed by atoms with E-state index in [2.05, 4.69) is 47.7 Å². The molecule has 0 radical (unpaired) electrons. The number of aromatic amines is 1. The molecule has 8 nitrogen and oxygen atoms in total. The molecular weight excluding hydrogens is 464 g/mol. The molecule has 0 spiro atoms. The van der Waals surface area contributed by atoms with Gasteiger partial charge in [-0.3, -0.25) is 0 Å². The maximum atomic E-state index is 5.64. The summed E-state index contributed by atoms with van der Waals surface area (Å²) in [6, 6.07) is 2.05. The molecule has 1 N–H and O–H groups in total. The number of fused-ring (bicyclic) bond motifs is 2. The third-order valence-electron chi connectivity index (χ3n) is 8.49. The van der Waals surface area contributed by atoms with Gasteiger partial charge in [-0.1, -0.05) is 20.8 Å². The number of aryl methyl sites for hydroxylation is 1. The van der Waals surface area contributed by atoms with Crippen LogP contribution in [0.15, 0.2) is 24.8 Å². The average molecular weight is 503 g/mol. The maximum Gasteiger partial charge on any atom is 0.197 e. The van der Waals surface area contributed by atoms with Crippen molar-refractivity contribution >= 4 is 22.4 Å². The summed E-state index contributed by atoms with van der Waals surface area (Å²) in [7, 11) is 1.67. The molecule has 2 aliphatic rings. The SMILES string of the molecule is COc1cc(-c2[nH]c3cnc(N4CCC(CCC5(C)COC5)CC4)c(C)c3c2C(C)C)cn2ncnc12. The van der Waals surface area contributed by atoms with Gasteiger partial charge in [0.15, 0.2) is 11.4 Å². The highest BCUT2D eigenvalue weighted by atomic mass is 16.5. The Hall–Kier alpha value is -3.13. The Bertz CT molecular complexity index is 1430. The van der Waals surface area contributed by atoms with Gasteiger partial charge in [-0.05, 0) is 56.1 Å². The van der Waals surface area contributed by atoms with E-state index in [0.29, 0.717) is 22.7 Å². The number of rotatable bonds is 7. The van der Waals surface area contributed by atoms with Crippen LogP contribution in [-0.2, 0) is 4.74 Å². The van der Waals surface area contributed by atoms with Crippen LogP contribution in [0, 0.1) is 18.3 Å². The molecule has 6 heterocycles. The van der Waals surface area contributed by atoms with E-state index in [1.54, 1.807) is 18.0 Å². The Morgan fingerprint density at radius 1 is 1.22 bits per heavy atom. The van der Waals surface area contributed by atoms with Crippen LogP contribution in [0.1, 0.15) is 63.5 Å². The number of aromatic nitrogens is 5. The lowest BCUT2D eigenvalue weighted by Crippen LogP contribution is -2.40. The number of methoxy groups -OCH3 is 1. The Balaban J connectivity index is 1.31. The number of hydrogen-bond acceptors (Lipinski definition) is 6. The Morgan fingerprint density at radius 3 is 2.68 bits per heavy atom. The van der Waals surface area contributed by atoms with Crippen LogP contribution < -0.4 is 9.64 Å². The second-order valence-corrected chi connectivity index (χ2v) is 11.7. The molecular formula is C29H38N6O2. The van der Waals surface area contributed by atoms with E-state index in [0.717, 1.165) is 54.8 Å². The average Bonchev–Trinajstić information content (AvgIpc) is 3.52. The van der Waals surface area contributed by atoms with Gasteiger partial charge in [0.2, 0.25) is 0 Å². The van der Waals surface area contributed by atoms with Gasteiger partial charge in [-0.2, -0.15) is 5.10 Å². The van der Waals surface area contributed by atoms with Gasteiger partial charge in [-0.25, -0.2) is 14.5 Å². The molecule has 2 fully saturated rings. The van der Waals surface area contributed by atoms with Crippen molar-refractivity contribution in [2.45, 2.75) is 59.3 Å². The fourth-order valence-corrected chi connectivity index (χ4v) is 6.26. The van der Waals surface area contributed by atoms with Crippen molar-refractivity contribution in [1.82, 2.24) is 24.6 Å². The second-order valence-electron chi connectivity index (χ2n) is 11.7.